The van der Waals surface area contributed by atoms with Gasteiger partial charge in [0.25, 0.3) is 0 Å². The first-order valence-electron chi connectivity index (χ1n) is 25.3. The Morgan fingerprint density at radius 3 is 0.794 bits per heavy atom. The van der Waals surface area contributed by atoms with Crippen LogP contribution in [-0.4, -0.2) is 138 Å². The Morgan fingerprint density at radius 2 is 0.574 bits per heavy atom. The summed E-state index contributed by atoms with van der Waals surface area (Å²) in [5.41, 5.74) is -0.888. The lowest BCUT2D eigenvalue weighted by Crippen LogP contribution is -2.49. The third kappa shape index (κ3) is 18.3. The molecule has 68 heavy (non-hydrogen) atoms. The monoisotopic (exact) mass is 977 g/mol. The van der Waals surface area contributed by atoms with Crippen LogP contribution in [0.4, 0.5) is 0 Å². The Hall–Kier alpha value is -1.95. The average molecular weight is 977 g/mol. The minimum absolute atomic E-state index is 0.0505. The maximum atomic E-state index is 11.5. The lowest BCUT2D eigenvalue weighted by molar-refractivity contribution is -0.182. The van der Waals surface area contributed by atoms with Gasteiger partial charge >= 0.3 is 17.9 Å². The molecular weight excluding hydrogens is 877 g/mol. The van der Waals surface area contributed by atoms with Crippen LogP contribution in [0.3, 0.4) is 0 Å². The molecule has 402 valence electrons. The quantitative estimate of drug-likeness (QED) is 0.0992. The fourth-order valence-electron chi connectivity index (χ4n) is 8.39. The molecular formula is C53H100O15. The molecule has 8 N–H and O–H groups in total. The van der Waals surface area contributed by atoms with Crippen molar-refractivity contribution >= 4 is 17.9 Å². The number of carbonyl (C=O) groups excluding carboxylic acids is 3. The second kappa shape index (κ2) is 25.6. The molecule has 4 aliphatic rings. The van der Waals surface area contributed by atoms with Crippen LogP contribution in [0.1, 0.15) is 171 Å². The van der Waals surface area contributed by atoms with E-state index >= 15 is 0 Å². The Kier molecular flexibility index (Phi) is 24.1. The predicted octanol–water partition coefficient (Wildman–Crippen LogP) is 6.23. The van der Waals surface area contributed by atoms with Gasteiger partial charge < -0.3 is 59.8 Å². The van der Waals surface area contributed by atoms with E-state index in [0.717, 1.165) is 0 Å². The van der Waals surface area contributed by atoms with Crippen LogP contribution in [0, 0.1) is 69.0 Å². The van der Waals surface area contributed by atoms with Gasteiger partial charge in [-0.25, -0.2) is 0 Å². The summed E-state index contributed by atoms with van der Waals surface area (Å²) in [4.78, 5) is 34.6. The van der Waals surface area contributed by atoms with Gasteiger partial charge in [0, 0.05) is 55.3 Å². The van der Waals surface area contributed by atoms with Crippen molar-refractivity contribution in [2.24, 2.45) is 69.0 Å². The maximum absolute atomic E-state index is 11.5. The number of aliphatic hydroxyl groups is 8. The van der Waals surface area contributed by atoms with Crippen LogP contribution in [-0.2, 0) is 33.3 Å². The van der Waals surface area contributed by atoms with Gasteiger partial charge in [0.15, 0.2) is 0 Å². The van der Waals surface area contributed by atoms with Crippen molar-refractivity contribution < 1.29 is 74.2 Å². The van der Waals surface area contributed by atoms with Crippen molar-refractivity contribution in [2.75, 3.05) is 0 Å². The summed E-state index contributed by atoms with van der Waals surface area (Å²) >= 11 is 0. The molecule has 0 bridgehead atoms. The van der Waals surface area contributed by atoms with E-state index in [1.165, 1.54) is 0 Å². The summed E-state index contributed by atoms with van der Waals surface area (Å²) < 4.78 is 21.8. The molecule has 0 amide bonds. The van der Waals surface area contributed by atoms with E-state index in [9.17, 15) is 55.2 Å². The van der Waals surface area contributed by atoms with Crippen LogP contribution in [0.15, 0.2) is 0 Å². The van der Waals surface area contributed by atoms with E-state index < -0.39 is 78.8 Å². The first-order valence-corrected chi connectivity index (χ1v) is 25.3. The van der Waals surface area contributed by atoms with E-state index in [-0.39, 0.29) is 87.5 Å². The van der Waals surface area contributed by atoms with E-state index in [2.05, 4.69) is 0 Å². The number of cyclic esters (lactones) is 3. The Labute approximate surface area is 410 Å². The summed E-state index contributed by atoms with van der Waals surface area (Å²) in [5.74, 6) is -2.73. The number of aliphatic hydroxyl groups excluding tert-OH is 8. The Balaban J connectivity index is 0.000000453. The molecule has 0 aliphatic carbocycles. The zero-order valence-corrected chi connectivity index (χ0v) is 45.9. The second-order valence-electron chi connectivity index (χ2n) is 25.4. The van der Waals surface area contributed by atoms with E-state index in [1.807, 2.05) is 125 Å². The third-order valence-corrected chi connectivity index (χ3v) is 15.4. The molecule has 4 fully saturated rings. The molecule has 4 heterocycles. The highest BCUT2D eigenvalue weighted by Crippen LogP contribution is 2.37. The summed E-state index contributed by atoms with van der Waals surface area (Å²) in [5, 5.41) is 80.1. The molecule has 0 radical (unpaired) electrons. The normalized spacial score (nSPS) is 37.7. The molecule has 1 unspecified atom stereocenters. The molecule has 0 saturated carbocycles. The largest absolute Gasteiger partial charge is 0.462 e. The van der Waals surface area contributed by atoms with Gasteiger partial charge in [0.05, 0.1) is 78.8 Å². The number of ether oxygens (including phenoxy) is 4. The first-order chi connectivity index (χ1) is 30.6. The minimum atomic E-state index is -0.687. The minimum Gasteiger partial charge on any atom is -0.462 e. The van der Waals surface area contributed by atoms with Crippen LogP contribution in [0.25, 0.3) is 0 Å². The zero-order valence-electron chi connectivity index (χ0n) is 45.9. The maximum Gasteiger partial charge on any atom is 0.311 e. The van der Waals surface area contributed by atoms with Crippen molar-refractivity contribution in [1.82, 2.24) is 0 Å². The van der Waals surface area contributed by atoms with Gasteiger partial charge in [-0.05, 0) is 49.4 Å². The second-order valence-corrected chi connectivity index (χ2v) is 25.4. The molecule has 15 nitrogen and oxygen atoms in total. The fourth-order valence-corrected chi connectivity index (χ4v) is 8.39. The highest BCUT2D eigenvalue weighted by atomic mass is 16.6. The van der Waals surface area contributed by atoms with Crippen molar-refractivity contribution in [1.29, 1.82) is 0 Å². The SMILES string of the molecule is CC1O[C@@H](C[C@H](O)C(C)(C)C)[C@H](C)[C@H](O)[C@H]1C.C[C@@H]1[C@H](O)[C@@H](C)C(=O)O[C@@H]1C[C@@H](O)C(C)(C)C.C[C@@H]1[C@H](O)[C@@H](C)C(=O)O[C@@H]1C[C@H](O)C(C)(C)C.C[C@@H]1[C@H](O)[C@@H](C)C(=O)O[C@H]1C[C@@H](O)C(C)(C)C. The molecule has 4 rings (SSSR count). The lowest BCUT2D eigenvalue weighted by atomic mass is 9.78. The molecule has 4 saturated heterocycles. The highest BCUT2D eigenvalue weighted by Gasteiger charge is 2.45. The van der Waals surface area contributed by atoms with Gasteiger partial charge in [0.1, 0.15) is 18.3 Å². The van der Waals surface area contributed by atoms with Gasteiger partial charge in [-0.1, -0.05) is 118 Å². The number of hydrogen-bond acceptors (Lipinski definition) is 15. The van der Waals surface area contributed by atoms with Gasteiger partial charge in [-0.2, -0.15) is 0 Å². The molecule has 15 heteroatoms. The highest BCUT2D eigenvalue weighted by molar-refractivity contribution is 5.74. The Bertz CT molecular complexity index is 1410. The van der Waals surface area contributed by atoms with Gasteiger partial charge in [-0.15, -0.1) is 0 Å². The average Bonchev–Trinajstić information content (AvgIpc) is 3.21. The standard InChI is InChI=1S/C14H28O3.3C13H24O4/c1-8-10(3)17-11(9(2)13(8)16)7-12(15)14(4,5)6;3*1-7-9(6-10(14)13(3,4)5)17-12(16)8(2)11(7)15/h8-13,15-16H,7H2,1-6H3;3*7-11,14-15H,6H2,1-5H3/t8-,9-,10?,11-,12-,13+;7-,8+,9+,10+,11-;7-,8+,9+,10-,11-;7-,8+,9-,10+,11-/m0000/s1. The van der Waals surface area contributed by atoms with Crippen LogP contribution in [0.2, 0.25) is 0 Å². The fraction of sp³-hybridized carbons (Fsp3) is 0.943. The number of hydrogen-bond donors (Lipinski definition) is 8. The first kappa shape index (κ1) is 64.1. The molecule has 0 aromatic carbocycles. The van der Waals surface area contributed by atoms with Crippen molar-refractivity contribution in [3.63, 3.8) is 0 Å². The third-order valence-electron chi connectivity index (χ3n) is 15.4. The van der Waals surface area contributed by atoms with E-state index in [1.54, 1.807) is 20.8 Å². The zero-order chi connectivity index (χ0) is 53.5. The number of rotatable bonds is 8. The van der Waals surface area contributed by atoms with E-state index in [4.69, 9.17) is 18.9 Å². The smallest absolute Gasteiger partial charge is 0.311 e. The lowest BCUT2D eigenvalue weighted by Gasteiger charge is -2.43. The van der Waals surface area contributed by atoms with Crippen LogP contribution in [0.5, 0.6) is 0 Å². The van der Waals surface area contributed by atoms with E-state index in [0.29, 0.717) is 25.7 Å². The van der Waals surface area contributed by atoms with Crippen LogP contribution < -0.4 is 0 Å². The number of esters is 3. The Morgan fingerprint density at radius 1 is 0.368 bits per heavy atom. The van der Waals surface area contributed by atoms with Gasteiger partial charge in [0.2, 0.25) is 0 Å². The molecule has 4 aliphatic heterocycles. The van der Waals surface area contributed by atoms with Crippen molar-refractivity contribution in [3.05, 3.63) is 0 Å². The van der Waals surface area contributed by atoms with Crippen molar-refractivity contribution in [2.45, 2.75) is 250 Å². The molecule has 0 spiro atoms. The molecule has 21 atom stereocenters. The predicted molar refractivity (Wildman–Crippen MR) is 262 cm³/mol. The van der Waals surface area contributed by atoms with Gasteiger partial charge in [-0.3, -0.25) is 14.4 Å². The summed E-state index contributed by atoms with van der Waals surface area (Å²) in [6, 6.07) is 0. The topological polar surface area (TPSA) is 250 Å². The number of carbonyl (C=O) groups is 3. The molecule has 0 aromatic heterocycles. The van der Waals surface area contributed by atoms with Crippen molar-refractivity contribution in [3.8, 4) is 0 Å². The summed E-state index contributed by atoms with van der Waals surface area (Å²) in [6.07, 6.45) is -3.93. The molecule has 0 aromatic rings. The summed E-state index contributed by atoms with van der Waals surface area (Å²) in [6.45, 7) is 40.1. The summed E-state index contributed by atoms with van der Waals surface area (Å²) in [7, 11) is 0. The van der Waals surface area contributed by atoms with Crippen LogP contribution >= 0.6 is 0 Å².